The van der Waals surface area contributed by atoms with E-state index in [9.17, 15) is 17.6 Å². The van der Waals surface area contributed by atoms with Crippen molar-refractivity contribution in [2.24, 2.45) is 0 Å². The molecule has 0 saturated carbocycles. The average Bonchev–Trinajstić information content (AvgIpc) is 3.02. The number of sulfonamides is 1. The van der Waals surface area contributed by atoms with Crippen molar-refractivity contribution in [2.75, 3.05) is 11.8 Å². The smallest absolute Gasteiger partial charge is 0.319 e. The lowest BCUT2D eigenvalue weighted by Crippen LogP contribution is -2.17. The number of methoxy groups -OCH3 is 1. The molecule has 10 nitrogen and oxygen atoms in total. The van der Waals surface area contributed by atoms with Gasteiger partial charge >= 0.3 is 16.0 Å². The van der Waals surface area contributed by atoms with E-state index in [1.807, 2.05) is 0 Å². The van der Waals surface area contributed by atoms with Crippen molar-refractivity contribution in [1.82, 2.24) is 24.6 Å². The van der Waals surface area contributed by atoms with Crippen LogP contribution in [0.25, 0.3) is 5.65 Å². The fourth-order valence-corrected chi connectivity index (χ4v) is 2.91. The molecule has 0 aliphatic heterocycles. The summed E-state index contributed by atoms with van der Waals surface area (Å²) in [7, 11) is -3.07. The Kier molecular flexibility index (Phi) is 4.04. The number of pyridine rings is 1. The maximum atomic E-state index is 13.8. The Morgan fingerprint density at radius 1 is 1.36 bits per heavy atom. The minimum absolute atomic E-state index is 0.0697. The van der Waals surface area contributed by atoms with E-state index in [1.54, 1.807) is 0 Å². The molecule has 3 heterocycles. The monoisotopic (exact) mass is 366 g/mol. The lowest BCUT2D eigenvalue weighted by atomic mass is 10.2. The van der Waals surface area contributed by atoms with Crippen LogP contribution in [0.15, 0.2) is 29.7 Å². The van der Waals surface area contributed by atoms with E-state index in [-0.39, 0.29) is 28.8 Å². The van der Waals surface area contributed by atoms with E-state index in [1.165, 1.54) is 32.4 Å². The van der Waals surface area contributed by atoms with Crippen molar-refractivity contribution in [3.8, 4) is 6.01 Å². The van der Waals surface area contributed by atoms with E-state index >= 15 is 0 Å². The molecule has 0 aliphatic carbocycles. The van der Waals surface area contributed by atoms with Crippen LogP contribution in [-0.4, -0.2) is 45.9 Å². The standard InChI is InChI=1S/C13H11FN6O4S/c1-7(21)8-4-3-5-15-10(8)19-25(22,23)12-17-11-9(14)6-16-13(24-2)20(11)18-12/h3-6H,1-2H3,(H,15,19). The summed E-state index contributed by atoms with van der Waals surface area (Å²) in [4.78, 5) is 22.7. The lowest BCUT2D eigenvalue weighted by molar-refractivity contribution is 0.101. The summed E-state index contributed by atoms with van der Waals surface area (Å²) in [6, 6.07) is 2.76. The molecule has 12 heteroatoms. The number of ketones is 1. The molecule has 0 amide bonds. The minimum atomic E-state index is -4.33. The lowest BCUT2D eigenvalue weighted by Gasteiger charge is -2.07. The molecule has 0 saturated heterocycles. The zero-order valence-corrected chi connectivity index (χ0v) is 13.8. The highest BCUT2D eigenvalue weighted by molar-refractivity contribution is 7.92. The summed E-state index contributed by atoms with van der Waals surface area (Å²) in [5.74, 6) is -1.44. The van der Waals surface area contributed by atoms with Crippen LogP contribution in [0.2, 0.25) is 0 Å². The normalized spacial score (nSPS) is 11.5. The number of carbonyl (C=O) groups excluding carboxylic acids is 1. The molecule has 0 aromatic carbocycles. The van der Waals surface area contributed by atoms with Gasteiger partial charge in [0.2, 0.25) is 0 Å². The first kappa shape index (κ1) is 16.7. The van der Waals surface area contributed by atoms with Gasteiger partial charge in [0.1, 0.15) is 0 Å². The molecule has 25 heavy (non-hydrogen) atoms. The molecule has 0 spiro atoms. The van der Waals surface area contributed by atoms with Gasteiger partial charge in [0.25, 0.3) is 5.16 Å². The highest BCUT2D eigenvalue weighted by Crippen LogP contribution is 2.19. The first-order valence-corrected chi connectivity index (χ1v) is 8.26. The number of nitrogens with zero attached hydrogens (tertiary/aromatic N) is 5. The van der Waals surface area contributed by atoms with Gasteiger partial charge in [-0.2, -0.15) is 17.9 Å². The molecule has 1 N–H and O–H groups in total. The van der Waals surface area contributed by atoms with Crippen molar-refractivity contribution in [3.05, 3.63) is 35.9 Å². The van der Waals surface area contributed by atoms with Gasteiger partial charge < -0.3 is 4.74 Å². The van der Waals surface area contributed by atoms with Crippen LogP contribution in [-0.2, 0) is 10.0 Å². The summed E-state index contributed by atoms with van der Waals surface area (Å²) >= 11 is 0. The van der Waals surface area contributed by atoms with Gasteiger partial charge in [-0.15, -0.1) is 5.10 Å². The summed E-state index contributed by atoms with van der Waals surface area (Å²) < 4.78 is 46.6. The molecule has 0 radical (unpaired) electrons. The molecule has 0 unspecified atom stereocenters. The third-order valence-electron chi connectivity index (χ3n) is 3.11. The van der Waals surface area contributed by atoms with Crippen molar-refractivity contribution >= 4 is 27.3 Å². The molecule has 130 valence electrons. The van der Waals surface area contributed by atoms with Crippen LogP contribution in [0.3, 0.4) is 0 Å². The highest BCUT2D eigenvalue weighted by Gasteiger charge is 2.25. The molecule has 0 aliphatic rings. The number of rotatable bonds is 5. The van der Waals surface area contributed by atoms with E-state index in [2.05, 4.69) is 24.8 Å². The van der Waals surface area contributed by atoms with Crippen LogP contribution in [0.5, 0.6) is 6.01 Å². The zero-order chi connectivity index (χ0) is 18.2. The SMILES string of the molecule is COc1ncc(F)c2nc(S(=O)(=O)Nc3ncccc3C(C)=O)nn12. The van der Waals surface area contributed by atoms with Crippen LogP contribution in [0, 0.1) is 5.82 Å². The second-order valence-electron chi connectivity index (χ2n) is 4.78. The van der Waals surface area contributed by atoms with Gasteiger partial charge in [-0.05, 0) is 19.1 Å². The van der Waals surface area contributed by atoms with Crippen molar-refractivity contribution in [2.45, 2.75) is 12.1 Å². The Morgan fingerprint density at radius 2 is 2.12 bits per heavy atom. The van der Waals surface area contributed by atoms with E-state index in [0.717, 1.165) is 10.7 Å². The second kappa shape index (κ2) is 6.05. The van der Waals surface area contributed by atoms with Gasteiger partial charge in [0.15, 0.2) is 23.1 Å². The largest absolute Gasteiger partial charge is 0.467 e. The van der Waals surface area contributed by atoms with Gasteiger partial charge in [-0.25, -0.2) is 14.4 Å². The Balaban J connectivity index is 2.08. The Labute approximate surface area is 140 Å². The van der Waals surface area contributed by atoms with Crippen LogP contribution in [0.1, 0.15) is 17.3 Å². The molecule has 0 atom stereocenters. The minimum Gasteiger partial charge on any atom is -0.467 e. The van der Waals surface area contributed by atoms with Crippen molar-refractivity contribution < 1.29 is 22.3 Å². The molecule has 3 aromatic heterocycles. The summed E-state index contributed by atoms with van der Waals surface area (Å²) in [6.45, 7) is 1.27. The van der Waals surface area contributed by atoms with Gasteiger partial charge in [0, 0.05) is 6.20 Å². The number of halogens is 1. The van der Waals surface area contributed by atoms with Crippen LogP contribution < -0.4 is 9.46 Å². The first-order chi connectivity index (χ1) is 11.8. The molecule has 3 aromatic rings. The second-order valence-corrected chi connectivity index (χ2v) is 6.36. The fraction of sp³-hybridized carbons (Fsp3) is 0.154. The quantitative estimate of drug-likeness (QED) is 0.653. The number of nitrogens with one attached hydrogen (secondary N) is 1. The van der Waals surface area contributed by atoms with Gasteiger partial charge in [0.05, 0.1) is 18.9 Å². The summed E-state index contributed by atoms with van der Waals surface area (Å²) in [6.07, 6.45) is 2.15. The maximum Gasteiger partial charge on any atom is 0.319 e. The third kappa shape index (κ3) is 2.98. The molecule has 0 bridgehead atoms. The Morgan fingerprint density at radius 3 is 2.80 bits per heavy atom. The average molecular weight is 366 g/mol. The number of anilines is 1. The van der Waals surface area contributed by atoms with Crippen LogP contribution in [0.4, 0.5) is 10.2 Å². The number of hydrogen-bond donors (Lipinski definition) is 1. The van der Waals surface area contributed by atoms with Crippen molar-refractivity contribution in [1.29, 1.82) is 0 Å². The molecule has 3 rings (SSSR count). The summed E-state index contributed by atoms with van der Waals surface area (Å²) in [5.41, 5.74) is -0.305. The zero-order valence-electron chi connectivity index (χ0n) is 13.0. The fourth-order valence-electron chi connectivity index (χ4n) is 2.00. The first-order valence-electron chi connectivity index (χ1n) is 6.77. The molecular formula is C13H11FN6O4S. The van der Waals surface area contributed by atoms with E-state index < -0.39 is 21.0 Å². The van der Waals surface area contributed by atoms with Gasteiger partial charge in [-0.1, -0.05) is 0 Å². The molecule has 0 fully saturated rings. The number of hydrogen-bond acceptors (Lipinski definition) is 8. The van der Waals surface area contributed by atoms with Gasteiger partial charge in [-0.3, -0.25) is 9.52 Å². The number of carbonyl (C=O) groups is 1. The highest BCUT2D eigenvalue weighted by atomic mass is 32.2. The number of ether oxygens (including phenoxy) is 1. The predicted octanol–water partition coefficient (Wildman–Crippen LogP) is 0.670. The topological polar surface area (TPSA) is 128 Å². The number of aromatic nitrogens is 5. The third-order valence-corrected chi connectivity index (χ3v) is 4.23. The molecular weight excluding hydrogens is 355 g/mol. The Hall–Kier alpha value is -3.15. The summed E-state index contributed by atoms with van der Waals surface area (Å²) in [5, 5.41) is 2.98. The van der Waals surface area contributed by atoms with Crippen molar-refractivity contribution in [3.63, 3.8) is 0 Å². The maximum absolute atomic E-state index is 13.8. The van der Waals surface area contributed by atoms with E-state index in [0.29, 0.717) is 0 Å². The van der Waals surface area contributed by atoms with E-state index in [4.69, 9.17) is 4.74 Å². The van der Waals surface area contributed by atoms with Crippen LogP contribution >= 0.6 is 0 Å². The number of fused-ring (bicyclic) bond motifs is 1. The predicted molar refractivity (Wildman–Crippen MR) is 82.3 cm³/mol. The number of Topliss-reactive ketones (excluding diaryl/α,β-unsaturated/α-hetero) is 1. The Bertz CT molecular complexity index is 1080.